The van der Waals surface area contributed by atoms with E-state index in [0.29, 0.717) is 54.4 Å². The minimum Gasteiger partial charge on any atom is -0.394 e. The first-order valence-corrected chi connectivity index (χ1v) is 26.7. The maximum Gasteiger partial charge on any atom is 0.263 e. The number of nitrogens with zero attached hydrogens (tertiary/aromatic N) is 3. The van der Waals surface area contributed by atoms with Crippen LogP contribution < -0.4 is 0 Å². The van der Waals surface area contributed by atoms with E-state index in [-0.39, 0.29) is 47.9 Å². The van der Waals surface area contributed by atoms with Gasteiger partial charge in [0.15, 0.2) is 5.60 Å². The Morgan fingerprint density at radius 3 is 2.36 bits per heavy atom. The second-order valence-corrected chi connectivity index (χ2v) is 26.0. The number of allylic oxidation sites excluding steroid dienone is 1. The molecule has 1 spiro atoms. The number of rotatable bonds is 9. The van der Waals surface area contributed by atoms with Gasteiger partial charge < -0.3 is 29.3 Å². The molecule has 9 nitrogen and oxygen atoms in total. The van der Waals surface area contributed by atoms with Gasteiger partial charge in [-0.05, 0) is 124 Å². The Hall–Kier alpha value is -1.75. The maximum absolute atomic E-state index is 15.5. The van der Waals surface area contributed by atoms with Crippen molar-refractivity contribution in [3.8, 4) is 0 Å². The Kier molecular flexibility index (Phi) is 11.1. The number of aliphatic hydroxyl groups excluding tert-OH is 1. The van der Waals surface area contributed by atoms with Gasteiger partial charge in [0.05, 0.1) is 39.4 Å². The Labute approximate surface area is 338 Å². The molecule has 0 radical (unpaired) electrons. The van der Waals surface area contributed by atoms with Crippen molar-refractivity contribution >= 4 is 25.8 Å². The van der Waals surface area contributed by atoms with Crippen molar-refractivity contribution in [2.45, 2.75) is 202 Å². The predicted molar refractivity (Wildman–Crippen MR) is 219 cm³/mol. The molecule has 1 N–H and O–H groups in total. The highest BCUT2D eigenvalue weighted by Gasteiger charge is 2.68. The van der Waals surface area contributed by atoms with E-state index >= 15 is 4.79 Å². The summed E-state index contributed by atoms with van der Waals surface area (Å²) in [5, 5.41) is 10.1. The summed E-state index contributed by atoms with van der Waals surface area (Å²) in [6.45, 7) is 8.86. The summed E-state index contributed by atoms with van der Waals surface area (Å²) in [5.74, 6) is 2.81. The molecule has 0 bridgehead atoms. The Morgan fingerprint density at radius 1 is 0.893 bits per heavy atom. The van der Waals surface area contributed by atoms with Gasteiger partial charge in [-0.25, -0.2) is 0 Å². The first kappa shape index (κ1) is 39.7. The lowest BCUT2D eigenvalue weighted by Crippen LogP contribution is -2.51. The highest BCUT2D eigenvalue weighted by Crippen LogP contribution is 2.62. The van der Waals surface area contributed by atoms with Crippen LogP contribution in [0.5, 0.6) is 0 Å². The standard InChI is InChI=1S/C46H73N3O6Si/c1-29-43(56(3,4)35-23-21-34(54-2)22-24-35)40(26-41(51)47-25-9-12-33(47)28-50)55-46(29)37-14-5-6-15-38(37)48(45(46)53)27-30-17-19-32(20-18-30)49-39-16-8-11-31-10-7-13-36(42(31)39)44(49)52/h29-36,39-40,42-43,50H,5-28H2,1-4H3/t29-,30?,31?,32?,33-,34?,35?,36?,39?,40+,42?,43-,46+/m0/s1. The third-order valence-electron chi connectivity index (χ3n) is 18.1. The zero-order valence-electron chi connectivity index (χ0n) is 35.2. The number of ether oxygens (including phenoxy) is 2. The minimum absolute atomic E-state index is 0.00600. The first-order valence-electron chi connectivity index (χ1n) is 23.6. The number of fused-ring (bicyclic) bond motifs is 1. The van der Waals surface area contributed by atoms with Crippen molar-refractivity contribution in [1.82, 2.24) is 14.7 Å². The summed E-state index contributed by atoms with van der Waals surface area (Å²) in [4.78, 5) is 50.1. The van der Waals surface area contributed by atoms with E-state index in [2.05, 4.69) is 29.8 Å². The SMILES string of the molecule is COC1CCC([Si](C)(C)[C@@H]2[C@@H](CC(=O)N3CCC[C@H]3CO)O[C@]3(C(=O)N(CC4CCC(N5C(=O)C6CCCC7CCCC5C76)CC4)C4=C3CCCC4)[C@H]2C)CC1. The minimum atomic E-state index is -2.09. The van der Waals surface area contributed by atoms with Crippen molar-refractivity contribution in [1.29, 1.82) is 0 Å². The molecule has 0 aromatic rings. The van der Waals surface area contributed by atoms with Crippen LogP contribution in [-0.2, 0) is 23.9 Å². The Balaban J connectivity index is 0.951. The molecular formula is C46H73N3O6Si. The average Bonchev–Trinajstić information content (AvgIpc) is 3.95. The lowest BCUT2D eigenvalue weighted by Gasteiger charge is -2.45. The average molecular weight is 792 g/mol. The molecule has 0 aromatic heterocycles. The highest BCUT2D eigenvalue weighted by atomic mass is 28.3. The Bertz CT molecular complexity index is 1530. The molecule has 9 aliphatic rings. The van der Waals surface area contributed by atoms with E-state index in [1.165, 1.54) is 43.4 Å². The van der Waals surface area contributed by atoms with E-state index in [1.54, 1.807) is 0 Å². The summed E-state index contributed by atoms with van der Waals surface area (Å²) in [5.41, 5.74) is 2.29. The number of carbonyl (C=O) groups excluding carboxylic acids is 3. The van der Waals surface area contributed by atoms with Gasteiger partial charge in [-0.1, -0.05) is 58.5 Å². The number of likely N-dealkylation sites (tertiary alicyclic amines) is 2. The number of aliphatic hydroxyl groups is 1. The second-order valence-electron chi connectivity index (χ2n) is 20.8. The summed E-state index contributed by atoms with van der Waals surface area (Å²) in [6, 6.07) is 0.726. The number of carbonyl (C=O) groups is 3. The van der Waals surface area contributed by atoms with Crippen molar-refractivity contribution in [2.24, 2.45) is 29.6 Å². The third-order valence-corrected chi connectivity index (χ3v) is 23.4. The molecule has 4 heterocycles. The molecule has 56 heavy (non-hydrogen) atoms. The van der Waals surface area contributed by atoms with Crippen LogP contribution in [0.15, 0.2) is 11.3 Å². The fourth-order valence-corrected chi connectivity index (χ4v) is 20.4. The fourth-order valence-electron chi connectivity index (χ4n) is 15.4. The topological polar surface area (TPSA) is 99.6 Å². The monoisotopic (exact) mass is 792 g/mol. The quantitative estimate of drug-likeness (QED) is 0.239. The van der Waals surface area contributed by atoms with E-state index in [4.69, 9.17) is 9.47 Å². The molecule has 4 aliphatic heterocycles. The largest absolute Gasteiger partial charge is 0.394 e. The first-order chi connectivity index (χ1) is 27.1. The molecular weight excluding hydrogens is 719 g/mol. The number of hydrogen-bond acceptors (Lipinski definition) is 6. The zero-order chi connectivity index (χ0) is 38.9. The predicted octanol–water partition coefficient (Wildman–Crippen LogP) is 7.83. The maximum atomic E-state index is 15.5. The van der Waals surface area contributed by atoms with Crippen LogP contribution >= 0.6 is 0 Å². The summed E-state index contributed by atoms with van der Waals surface area (Å²) >= 11 is 0. The molecule has 9 atom stereocenters. The van der Waals surface area contributed by atoms with E-state index in [0.717, 1.165) is 109 Å². The van der Waals surface area contributed by atoms with E-state index < -0.39 is 13.7 Å². The lowest BCUT2D eigenvalue weighted by molar-refractivity contribution is -0.152. The van der Waals surface area contributed by atoms with Crippen LogP contribution in [0.3, 0.4) is 0 Å². The fraction of sp³-hybridized carbons (Fsp3) is 0.891. The Morgan fingerprint density at radius 2 is 1.62 bits per heavy atom. The van der Waals surface area contributed by atoms with Crippen LogP contribution in [0, 0.1) is 29.6 Å². The van der Waals surface area contributed by atoms with Gasteiger partial charge in [-0.15, -0.1) is 0 Å². The second kappa shape index (κ2) is 15.7. The smallest absolute Gasteiger partial charge is 0.263 e. The molecule has 9 rings (SSSR count). The molecule has 312 valence electrons. The van der Waals surface area contributed by atoms with Gasteiger partial charge in [0.1, 0.15) is 0 Å². The molecule has 3 saturated heterocycles. The zero-order valence-corrected chi connectivity index (χ0v) is 36.2. The van der Waals surface area contributed by atoms with Crippen molar-refractivity contribution in [3.05, 3.63) is 11.3 Å². The lowest BCUT2D eigenvalue weighted by atomic mass is 9.65. The summed E-state index contributed by atoms with van der Waals surface area (Å²) in [7, 11) is -0.248. The molecule has 3 amide bonds. The van der Waals surface area contributed by atoms with Crippen LogP contribution in [-0.4, -0.2) is 108 Å². The third kappa shape index (κ3) is 6.42. The molecule has 0 aromatic carbocycles. The van der Waals surface area contributed by atoms with Gasteiger partial charge in [0.2, 0.25) is 11.8 Å². The van der Waals surface area contributed by atoms with Crippen LogP contribution in [0.1, 0.15) is 142 Å². The summed E-state index contributed by atoms with van der Waals surface area (Å²) < 4.78 is 13.2. The van der Waals surface area contributed by atoms with Gasteiger partial charge in [0.25, 0.3) is 5.91 Å². The molecule has 7 fully saturated rings. The van der Waals surface area contributed by atoms with E-state index in [9.17, 15) is 14.7 Å². The van der Waals surface area contributed by atoms with Crippen LogP contribution in [0.25, 0.3) is 0 Å². The van der Waals surface area contributed by atoms with Gasteiger partial charge >= 0.3 is 0 Å². The highest BCUT2D eigenvalue weighted by molar-refractivity contribution is 6.80. The normalized spacial score (nSPS) is 42.9. The van der Waals surface area contributed by atoms with Gasteiger partial charge in [0, 0.05) is 49.8 Å². The van der Waals surface area contributed by atoms with Crippen LogP contribution in [0.2, 0.25) is 24.2 Å². The van der Waals surface area contributed by atoms with Crippen molar-refractivity contribution in [2.75, 3.05) is 26.8 Å². The number of amides is 3. The number of methoxy groups -OCH3 is 1. The summed E-state index contributed by atoms with van der Waals surface area (Å²) in [6.07, 6.45) is 22.3. The molecule has 4 saturated carbocycles. The van der Waals surface area contributed by atoms with Gasteiger partial charge in [-0.3, -0.25) is 14.4 Å². The molecule has 5 aliphatic carbocycles. The van der Waals surface area contributed by atoms with Crippen LogP contribution in [0.4, 0.5) is 0 Å². The molecule has 4 unspecified atom stereocenters. The van der Waals surface area contributed by atoms with E-state index in [1.807, 2.05) is 12.0 Å². The van der Waals surface area contributed by atoms with Crippen molar-refractivity contribution in [3.63, 3.8) is 0 Å². The number of hydrogen-bond donors (Lipinski definition) is 1. The molecule has 10 heteroatoms. The van der Waals surface area contributed by atoms with Crippen molar-refractivity contribution < 1.29 is 29.0 Å². The van der Waals surface area contributed by atoms with Gasteiger partial charge in [-0.2, -0.15) is 0 Å².